The van der Waals surface area contributed by atoms with Crippen LogP contribution in [-0.2, 0) is 0 Å². The van der Waals surface area contributed by atoms with Gasteiger partial charge in [-0.25, -0.2) is 0 Å². The number of carboxylic acids is 1. The molecule has 0 aliphatic heterocycles. The highest BCUT2D eigenvalue weighted by Crippen LogP contribution is 2.21. The van der Waals surface area contributed by atoms with Crippen LogP contribution in [0.1, 0.15) is 42.1 Å². The SMILES string of the molecule is CCCCCOc1cccc(C(=O)[O-])c1C. The van der Waals surface area contributed by atoms with E-state index in [0.717, 1.165) is 19.3 Å². The first-order chi connectivity index (χ1) is 7.66. The van der Waals surface area contributed by atoms with Crippen molar-refractivity contribution in [2.45, 2.75) is 33.1 Å². The van der Waals surface area contributed by atoms with Gasteiger partial charge in [0.1, 0.15) is 5.75 Å². The normalized spacial score (nSPS) is 10.1. The number of benzene rings is 1. The lowest BCUT2D eigenvalue weighted by atomic mass is 10.1. The molecule has 1 rings (SSSR count). The van der Waals surface area contributed by atoms with Crippen molar-refractivity contribution in [1.29, 1.82) is 0 Å². The van der Waals surface area contributed by atoms with Gasteiger partial charge in [0.05, 0.1) is 12.6 Å². The van der Waals surface area contributed by atoms with Crippen LogP contribution in [0.15, 0.2) is 18.2 Å². The highest BCUT2D eigenvalue weighted by Gasteiger charge is 2.05. The summed E-state index contributed by atoms with van der Waals surface area (Å²) in [6.07, 6.45) is 3.26. The summed E-state index contributed by atoms with van der Waals surface area (Å²) < 4.78 is 5.54. The van der Waals surface area contributed by atoms with Crippen molar-refractivity contribution in [2.24, 2.45) is 0 Å². The molecule has 0 N–H and O–H groups in total. The van der Waals surface area contributed by atoms with Crippen molar-refractivity contribution in [3.63, 3.8) is 0 Å². The number of carbonyl (C=O) groups is 1. The number of carboxylic acid groups (broad SMARTS) is 1. The maximum Gasteiger partial charge on any atom is 0.122 e. The summed E-state index contributed by atoms with van der Waals surface area (Å²) in [5.74, 6) is -0.519. The van der Waals surface area contributed by atoms with E-state index in [9.17, 15) is 9.90 Å². The van der Waals surface area contributed by atoms with E-state index in [1.165, 1.54) is 6.07 Å². The molecule has 0 saturated heterocycles. The minimum absolute atomic E-state index is 0.202. The second-order valence-electron chi connectivity index (χ2n) is 3.77. The zero-order valence-electron chi connectivity index (χ0n) is 9.79. The van der Waals surface area contributed by atoms with E-state index in [4.69, 9.17) is 4.74 Å². The van der Waals surface area contributed by atoms with E-state index in [-0.39, 0.29) is 5.56 Å². The Kier molecular flexibility index (Phi) is 4.83. The predicted octanol–water partition coefficient (Wildman–Crippen LogP) is 1.93. The molecule has 0 bridgehead atoms. The zero-order valence-corrected chi connectivity index (χ0v) is 9.79. The Morgan fingerprint density at radius 1 is 1.38 bits per heavy atom. The molecule has 0 saturated carbocycles. The van der Waals surface area contributed by atoms with Gasteiger partial charge in [0.15, 0.2) is 0 Å². The van der Waals surface area contributed by atoms with Crippen molar-refractivity contribution in [3.8, 4) is 5.75 Å². The van der Waals surface area contributed by atoms with Crippen molar-refractivity contribution in [3.05, 3.63) is 29.3 Å². The van der Waals surface area contributed by atoms with Crippen LogP contribution in [0.25, 0.3) is 0 Å². The van der Waals surface area contributed by atoms with Crippen molar-refractivity contribution in [2.75, 3.05) is 6.61 Å². The molecule has 0 amide bonds. The molecule has 1 aromatic rings. The van der Waals surface area contributed by atoms with Gasteiger partial charge in [-0.3, -0.25) is 0 Å². The molecule has 0 atom stereocenters. The third-order valence-electron chi connectivity index (χ3n) is 2.51. The van der Waals surface area contributed by atoms with Crippen LogP contribution in [0.3, 0.4) is 0 Å². The number of ether oxygens (including phenoxy) is 1. The number of unbranched alkanes of at least 4 members (excludes halogenated alkanes) is 2. The van der Waals surface area contributed by atoms with Gasteiger partial charge in [-0.2, -0.15) is 0 Å². The molecule has 0 aliphatic rings. The summed E-state index contributed by atoms with van der Waals surface area (Å²) in [4.78, 5) is 10.8. The molecule has 0 radical (unpaired) electrons. The molecular weight excluding hydrogens is 204 g/mol. The number of carbonyl (C=O) groups excluding carboxylic acids is 1. The molecule has 3 nitrogen and oxygen atoms in total. The molecule has 0 unspecified atom stereocenters. The Morgan fingerprint density at radius 3 is 2.75 bits per heavy atom. The topological polar surface area (TPSA) is 49.4 Å². The quantitative estimate of drug-likeness (QED) is 0.690. The fourth-order valence-corrected chi connectivity index (χ4v) is 1.53. The largest absolute Gasteiger partial charge is 0.545 e. The molecular formula is C13H17O3-. The Bertz CT molecular complexity index is 358. The lowest BCUT2D eigenvalue weighted by Gasteiger charge is -2.12. The lowest BCUT2D eigenvalue weighted by Crippen LogP contribution is -2.23. The second kappa shape index (κ2) is 6.16. The Hall–Kier alpha value is -1.51. The molecule has 0 aromatic heterocycles. The number of hydrogen-bond acceptors (Lipinski definition) is 3. The zero-order chi connectivity index (χ0) is 12.0. The molecule has 1 aromatic carbocycles. The van der Waals surface area contributed by atoms with E-state index in [1.54, 1.807) is 19.1 Å². The summed E-state index contributed by atoms with van der Waals surface area (Å²) in [6.45, 7) is 4.49. The van der Waals surface area contributed by atoms with E-state index in [2.05, 4.69) is 6.92 Å². The third-order valence-corrected chi connectivity index (χ3v) is 2.51. The van der Waals surface area contributed by atoms with E-state index in [1.807, 2.05) is 0 Å². The predicted molar refractivity (Wildman–Crippen MR) is 60.5 cm³/mol. The Balaban J connectivity index is 2.66. The lowest BCUT2D eigenvalue weighted by molar-refractivity contribution is -0.255. The smallest absolute Gasteiger partial charge is 0.122 e. The van der Waals surface area contributed by atoms with Crippen molar-refractivity contribution < 1.29 is 14.6 Å². The Morgan fingerprint density at radius 2 is 2.12 bits per heavy atom. The van der Waals surface area contributed by atoms with Crippen LogP contribution in [-0.4, -0.2) is 12.6 Å². The second-order valence-corrected chi connectivity index (χ2v) is 3.77. The van der Waals surface area contributed by atoms with E-state index >= 15 is 0 Å². The highest BCUT2D eigenvalue weighted by molar-refractivity contribution is 5.88. The first-order valence-electron chi connectivity index (χ1n) is 5.60. The fourth-order valence-electron chi connectivity index (χ4n) is 1.53. The molecule has 0 aliphatic carbocycles. The molecule has 0 spiro atoms. The summed E-state index contributed by atoms with van der Waals surface area (Å²) in [7, 11) is 0. The first kappa shape index (κ1) is 12.6. The van der Waals surface area contributed by atoms with Gasteiger partial charge >= 0.3 is 0 Å². The molecule has 0 heterocycles. The fraction of sp³-hybridized carbons (Fsp3) is 0.462. The van der Waals surface area contributed by atoms with Crippen molar-refractivity contribution in [1.82, 2.24) is 0 Å². The number of aromatic carboxylic acids is 1. The highest BCUT2D eigenvalue weighted by atomic mass is 16.5. The van der Waals surface area contributed by atoms with Gasteiger partial charge < -0.3 is 14.6 Å². The standard InChI is InChI=1S/C13H18O3/c1-3-4-5-9-16-12-8-6-7-11(10(12)2)13(14)15/h6-8H,3-5,9H2,1-2H3,(H,14,15)/p-1. The minimum Gasteiger partial charge on any atom is -0.545 e. The number of hydrogen-bond donors (Lipinski definition) is 0. The van der Waals surface area contributed by atoms with Crippen LogP contribution in [0.2, 0.25) is 0 Å². The molecule has 0 fully saturated rings. The van der Waals surface area contributed by atoms with Crippen LogP contribution in [0.5, 0.6) is 5.75 Å². The molecule has 88 valence electrons. The van der Waals surface area contributed by atoms with Crippen LogP contribution < -0.4 is 9.84 Å². The average Bonchev–Trinajstić information content (AvgIpc) is 2.26. The van der Waals surface area contributed by atoms with Crippen LogP contribution in [0.4, 0.5) is 0 Å². The monoisotopic (exact) mass is 221 g/mol. The maximum absolute atomic E-state index is 10.8. The maximum atomic E-state index is 10.8. The van der Waals surface area contributed by atoms with Gasteiger partial charge in [0.2, 0.25) is 0 Å². The molecule has 16 heavy (non-hydrogen) atoms. The average molecular weight is 221 g/mol. The van der Waals surface area contributed by atoms with Crippen molar-refractivity contribution >= 4 is 5.97 Å². The Labute approximate surface area is 96.1 Å². The summed E-state index contributed by atoms with van der Waals surface area (Å²) in [5.41, 5.74) is 0.840. The summed E-state index contributed by atoms with van der Waals surface area (Å²) in [6, 6.07) is 4.99. The van der Waals surface area contributed by atoms with Gasteiger partial charge in [-0.05, 0) is 19.4 Å². The summed E-state index contributed by atoms with van der Waals surface area (Å²) in [5, 5.41) is 10.8. The van der Waals surface area contributed by atoms with Crippen LogP contribution in [0, 0.1) is 6.92 Å². The number of rotatable bonds is 6. The van der Waals surface area contributed by atoms with E-state index in [0.29, 0.717) is 17.9 Å². The van der Waals surface area contributed by atoms with E-state index < -0.39 is 5.97 Å². The summed E-state index contributed by atoms with van der Waals surface area (Å²) >= 11 is 0. The first-order valence-corrected chi connectivity index (χ1v) is 5.60. The minimum atomic E-state index is -1.16. The van der Waals surface area contributed by atoms with Gasteiger partial charge in [-0.15, -0.1) is 0 Å². The molecule has 3 heteroatoms. The third kappa shape index (κ3) is 3.26. The van der Waals surface area contributed by atoms with Gasteiger partial charge in [0.25, 0.3) is 0 Å². The van der Waals surface area contributed by atoms with Crippen LogP contribution >= 0.6 is 0 Å². The van der Waals surface area contributed by atoms with Gasteiger partial charge in [0, 0.05) is 11.1 Å². The van der Waals surface area contributed by atoms with Gasteiger partial charge in [-0.1, -0.05) is 31.9 Å².